The Labute approximate surface area is 184 Å². The number of allylic oxidation sites excluding steroid dienone is 1. The molecule has 1 aromatic rings. The molecule has 7 nitrogen and oxygen atoms in total. The summed E-state index contributed by atoms with van der Waals surface area (Å²) in [6, 6.07) is 3.63. The molecule has 1 saturated heterocycles. The third kappa shape index (κ3) is 4.19. The van der Waals surface area contributed by atoms with E-state index in [9.17, 15) is 9.59 Å². The van der Waals surface area contributed by atoms with Gasteiger partial charge in [-0.2, -0.15) is 0 Å². The van der Waals surface area contributed by atoms with E-state index >= 15 is 0 Å². The van der Waals surface area contributed by atoms with Crippen LogP contribution < -0.4 is 5.32 Å². The molecule has 4 heterocycles. The minimum Gasteiger partial charge on any atom is -0.466 e. The van der Waals surface area contributed by atoms with Gasteiger partial charge in [-0.25, -0.2) is 9.79 Å². The number of carbonyl (C=O) groups excluding carboxylic acids is 2. The first kappa shape index (κ1) is 21.1. The maximum atomic E-state index is 12.7. The Bertz CT molecular complexity index is 901. The van der Waals surface area contributed by atoms with Gasteiger partial charge in [0.15, 0.2) is 5.17 Å². The second-order valence-electron chi connectivity index (χ2n) is 7.23. The van der Waals surface area contributed by atoms with Crippen molar-refractivity contribution in [1.29, 1.82) is 0 Å². The zero-order valence-corrected chi connectivity index (χ0v) is 18.7. The van der Waals surface area contributed by atoms with Crippen molar-refractivity contribution >= 4 is 40.1 Å². The number of hydrogen-bond donors (Lipinski definition) is 1. The first-order chi connectivity index (χ1) is 14.6. The van der Waals surface area contributed by atoms with Crippen LogP contribution in [0.2, 0.25) is 0 Å². The van der Waals surface area contributed by atoms with Crippen molar-refractivity contribution in [3.63, 3.8) is 0 Å². The standard InChI is InChI=1S/C21H25N3O4S2/c1-3-15-18(20(26)27-2)19(16-7-5-9-29-16)24-13(12-30-21(24)23-15)10-17(25)22-11-14-6-4-8-28-14/h5,7,9,12,14,19H,3-4,6,8,10-11H2,1-2H3,(H,22,25)/t14-,19-/m1/s1. The van der Waals surface area contributed by atoms with Crippen LogP contribution >= 0.6 is 23.1 Å². The monoisotopic (exact) mass is 447 g/mol. The molecule has 9 heteroatoms. The van der Waals surface area contributed by atoms with Gasteiger partial charge in [-0.3, -0.25) is 4.79 Å². The Hall–Kier alpha value is -2.10. The highest BCUT2D eigenvalue weighted by molar-refractivity contribution is 8.16. The Morgan fingerprint density at radius 2 is 2.30 bits per heavy atom. The molecule has 3 aliphatic heterocycles. The summed E-state index contributed by atoms with van der Waals surface area (Å²) in [6.07, 6.45) is 2.97. The number of aliphatic imine (C=N–C) groups is 1. The third-order valence-electron chi connectivity index (χ3n) is 5.33. The van der Waals surface area contributed by atoms with E-state index < -0.39 is 0 Å². The first-order valence-electron chi connectivity index (χ1n) is 10.1. The average molecular weight is 448 g/mol. The normalized spacial score (nSPS) is 23.2. The largest absolute Gasteiger partial charge is 0.466 e. The van der Waals surface area contributed by atoms with Crippen molar-refractivity contribution in [2.45, 2.75) is 44.8 Å². The lowest BCUT2D eigenvalue weighted by Crippen LogP contribution is -2.38. The molecule has 2 atom stereocenters. The highest BCUT2D eigenvalue weighted by atomic mass is 32.2. The van der Waals surface area contributed by atoms with Crippen molar-refractivity contribution in [2.75, 3.05) is 20.3 Å². The van der Waals surface area contributed by atoms with Crippen molar-refractivity contribution in [3.05, 3.63) is 44.8 Å². The topological polar surface area (TPSA) is 80.2 Å². The van der Waals surface area contributed by atoms with Gasteiger partial charge in [0.25, 0.3) is 0 Å². The molecule has 0 radical (unpaired) electrons. The van der Waals surface area contributed by atoms with Gasteiger partial charge in [0.1, 0.15) is 6.04 Å². The summed E-state index contributed by atoms with van der Waals surface area (Å²) in [7, 11) is 1.39. The number of carbonyl (C=O) groups is 2. The van der Waals surface area contributed by atoms with Crippen LogP contribution in [0.1, 0.15) is 43.5 Å². The van der Waals surface area contributed by atoms with Crippen LogP contribution in [0, 0.1) is 0 Å². The number of hydrogen-bond acceptors (Lipinski definition) is 8. The van der Waals surface area contributed by atoms with Crippen LogP contribution in [0.25, 0.3) is 0 Å². The second-order valence-corrected chi connectivity index (χ2v) is 9.05. The van der Waals surface area contributed by atoms with E-state index in [1.165, 1.54) is 18.9 Å². The SMILES string of the molecule is CCC1=C(C(=O)OC)[C@@H](c2cccs2)N2C(CC(=O)NC[C@H]3CCCO3)=CSC2=N1. The van der Waals surface area contributed by atoms with Gasteiger partial charge in [0.05, 0.1) is 30.9 Å². The van der Waals surface area contributed by atoms with Crippen LogP contribution in [-0.4, -0.2) is 48.3 Å². The Balaban J connectivity index is 1.57. The Kier molecular flexibility index (Phi) is 6.60. The molecular weight excluding hydrogens is 422 g/mol. The van der Waals surface area contributed by atoms with Crippen LogP contribution in [0.4, 0.5) is 0 Å². The number of thiophene rings is 1. The quantitative estimate of drug-likeness (QED) is 0.644. The van der Waals surface area contributed by atoms with Gasteiger partial charge < -0.3 is 19.7 Å². The van der Waals surface area contributed by atoms with Crippen molar-refractivity contribution < 1.29 is 19.1 Å². The molecule has 3 aliphatic rings. The molecule has 0 aromatic carbocycles. The fourth-order valence-corrected chi connectivity index (χ4v) is 5.65. The minimum absolute atomic E-state index is 0.0617. The molecular formula is C21H25N3O4S2. The molecule has 0 aliphatic carbocycles. The van der Waals surface area contributed by atoms with Crippen molar-refractivity contribution in [2.24, 2.45) is 4.99 Å². The number of esters is 1. The number of thioether (sulfide) groups is 1. The van der Waals surface area contributed by atoms with Gasteiger partial charge in [-0.15, -0.1) is 11.3 Å². The summed E-state index contributed by atoms with van der Waals surface area (Å²) in [5, 5.41) is 7.72. The molecule has 1 aromatic heterocycles. The van der Waals surface area contributed by atoms with Crippen LogP contribution in [0.5, 0.6) is 0 Å². The predicted octanol–water partition coefficient (Wildman–Crippen LogP) is 3.57. The third-order valence-corrected chi connectivity index (χ3v) is 7.15. The second kappa shape index (κ2) is 9.36. The van der Waals surface area contributed by atoms with Crippen LogP contribution in [-0.2, 0) is 19.1 Å². The van der Waals surface area contributed by atoms with E-state index in [1.807, 2.05) is 34.7 Å². The van der Waals surface area contributed by atoms with Crippen molar-refractivity contribution in [3.8, 4) is 0 Å². The van der Waals surface area contributed by atoms with Gasteiger partial charge in [0, 0.05) is 23.7 Å². The molecule has 1 fully saturated rings. The molecule has 4 rings (SSSR count). The molecule has 0 saturated carbocycles. The number of amides is 1. The van der Waals surface area contributed by atoms with Crippen molar-refractivity contribution in [1.82, 2.24) is 10.2 Å². The zero-order chi connectivity index (χ0) is 21.1. The maximum Gasteiger partial charge on any atom is 0.338 e. The van der Waals surface area contributed by atoms with E-state index in [-0.39, 0.29) is 30.4 Å². The molecule has 0 bridgehead atoms. The maximum absolute atomic E-state index is 12.7. The Morgan fingerprint density at radius 1 is 1.43 bits per heavy atom. The molecule has 0 unspecified atom stereocenters. The lowest BCUT2D eigenvalue weighted by atomic mass is 9.98. The molecule has 30 heavy (non-hydrogen) atoms. The van der Waals surface area contributed by atoms with Gasteiger partial charge in [-0.05, 0) is 36.1 Å². The number of amidine groups is 1. The fraction of sp³-hybridized carbons (Fsp3) is 0.476. The highest BCUT2D eigenvalue weighted by Gasteiger charge is 2.41. The number of rotatable bonds is 7. The summed E-state index contributed by atoms with van der Waals surface area (Å²) >= 11 is 3.07. The summed E-state index contributed by atoms with van der Waals surface area (Å²) in [5.74, 6) is -0.444. The summed E-state index contributed by atoms with van der Waals surface area (Å²) in [6.45, 7) is 3.28. The number of nitrogens with zero attached hydrogens (tertiary/aromatic N) is 2. The molecule has 0 spiro atoms. The number of nitrogens with one attached hydrogen (secondary N) is 1. The lowest BCUT2D eigenvalue weighted by molar-refractivity contribution is -0.136. The summed E-state index contributed by atoms with van der Waals surface area (Å²) < 4.78 is 10.7. The molecule has 160 valence electrons. The summed E-state index contributed by atoms with van der Waals surface area (Å²) in [5.41, 5.74) is 2.11. The fourth-order valence-electron chi connectivity index (χ4n) is 3.89. The zero-order valence-electron chi connectivity index (χ0n) is 17.1. The smallest absolute Gasteiger partial charge is 0.338 e. The van der Waals surface area contributed by atoms with Crippen LogP contribution in [0.15, 0.2) is 44.9 Å². The van der Waals surface area contributed by atoms with Gasteiger partial charge >= 0.3 is 5.97 Å². The van der Waals surface area contributed by atoms with E-state index in [4.69, 9.17) is 14.5 Å². The average Bonchev–Trinajstić information content (AvgIpc) is 3.52. The van der Waals surface area contributed by atoms with Gasteiger partial charge in [-0.1, -0.05) is 24.8 Å². The minimum atomic E-state index is -0.382. The first-order valence-corrected chi connectivity index (χ1v) is 11.8. The number of methoxy groups -OCH3 is 1. The molecule has 1 amide bonds. The van der Waals surface area contributed by atoms with Gasteiger partial charge in [0.2, 0.25) is 5.91 Å². The van der Waals surface area contributed by atoms with Crippen LogP contribution in [0.3, 0.4) is 0 Å². The number of ether oxygens (including phenoxy) is 2. The molecule has 1 N–H and O–H groups in total. The predicted molar refractivity (Wildman–Crippen MR) is 118 cm³/mol. The number of fused-ring (bicyclic) bond motifs is 1. The lowest BCUT2D eigenvalue weighted by Gasteiger charge is -2.35. The summed E-state index contributed by atoms with van der Waals surface area (Å²) in [4.78, 5) is 33.1. The van der Waals surface area contributed by atoms with E-state index in [2.05, 4.69) is 5.32 Å². The van der Waals surface area contributed by atoms with E-state index in [0.29, 0.717) is 18.5 Å². The Morgan fingerprint density at radius 3 is 2.97 bits per heavy atom. The highest BCUT2D eigenvalue weighted by Crippen LogP contribution is 2.46. The van der Waals surface area contributed by atoms with E-state index in [1.54, 1.807) is 11.3 Å². The van der Waals surface area contributed by atoms with E-state index in [0.717, 1.165) is 40.9 Å².